The predicted molar refractivity (Wildman–Crippen MR) is 72.5 cm³/mol. The SMILES string of the molecule is O=C(O)C1Cc2ccccc2N1CCC1CCCO1. The maximum atomic E-state index is 11.4. The van der Waals surface area contributed by atoms with Gasteiger partial charge >= 0.3 is 5.97 Å². The predicted octanol–water partition coefficient (Wildman–Crippen LogP) is 2.07. The zero-order valence-electron chi connectivity index (χ0n) is 10.9. The third kappa shape index (κ3) is 2.45. The van der Waals surface area contributed by atoms with Crippen molar-refractivity contribution in [3.63, 3.8) is 0 Å². The van der Waals surface area contributed by atoms with Crippen LogP contribution in [0.4, 0.5) is 5.69 Å². The normalized spacial score (nSPS) is 25.6. The van der Waals surface area contributed by atoms with Crippen molar-refractivity contribution in [3.05, 3.63) is 29.8 Å². The molecule has 0 aromatic heterocycles. The molecule has 0 bridgehead atoms. The molecule has 0 radical (unpaired) electrons. The Kier molecular flexibility index (Phi) is 3.42. The van der Waals surface area contributed by atoms with Crippen LogP contribution in [0.25, 0.3) is 0 Å². The summed E-state index contributed by atoms with van der Waals surface area (Å²) in [5.41, 5.74) is 2.22. The molecule has 0 amide bonds. The van der Waals surface area contributed by atoms with Crippen LogP contribution in [-0.2, 0) is 16.0 Å². The topological polar surface area (TPSA) is 49.8 Å². The van der Waals surface area contributed by atoms with Gasteiger partial charge in [-0.1, -0.05) is 18.2 Å². The third-order valence-corrected chi connectivity index (χ3v) is 4.09. The number of para-hydroxylation sites is 1. The first-order valence-corrected chi connectivity index (χ1v) is 6.94. The van der Waals surface area contributed by atoms with Gasteiger partial charge in [-0.25, -0.2) is 4.79 Å². The number of fused-ring (bicyclic) bond motifs is 1. The number of benzene rings is 1. The second kappa shape index (κ2) is 5.21. The molecule has 3 rings (SSSR count). The lowest BCUT2D eigenvalue weighted by Gasteiger charge is -2.25. The molecule has 1 N–H and O–H groups in total. The number of aliphatic carboxylic acids is 1. The Hall–Kier alpha value is -1.55. The van der Waals surface area contributed by atoms with Crippen molar-refractivity contribution in [2.45, 2.75) is 37.8 Å². The summed E-state index contributed by atoms with van der Waals surface area (Å²) >= 11 is 0. The van der Waals surface area contributed by atoms with E-state index in [4.69, 9.17) is 4.74 Å². The van der Waals surface area contributed by atoms with Crippen molar-refractivity contribution < 1.29 is 14.6 Å². The number of hydrogen-bond acceptors (Lipinski definition) is 3. The molecule has 2 unspecified atom stereocenters. The molecule has 1 fully saturated rings. The zero-order valence-corrected chi connectivity index (χ0v) is 10.9. The van der Waals surface area contributed by atoms with E-state index < -0.39 is 12.0 Å². The van der Waals surface area contributed by atoms with Crippen LogP contribution in [0.2, 0.25) is 0 Å². The highest BCUT2D eigenvalue weighted by Crippen LogP contribution is 2.32. The Morgan fingerprint density at radius 3 is 3.00 bits per heavy atom. The van der Waals surface area contributed by atoms with Gasteiger partial charge in [-0.05, 0) is 30.9 Å². The Morgan fingerprint density at radius 1 is 1.42 bits per heavy atom. The van der Waals surface area contributed by atoms with Crippen molar-refractivity contribution in [1.29, 1.82) is 0 Å². The second-order valence-electron chi connectivity index (χ2n) is 5.30. The molecule has 4 nitrogen and oxygen atoms in total. The fourth-order valence-corrected chi connectivity index (χ4v) is 3.10. The van der Waals surface area contributed by atoms with Gasteiger partial charge in [-0.3, -0.25) is 0 Å². The fourth-order valence-electron chi connectivity index (χ4n) is 3.10. The van der Waals surface area contributed by atoms with Crippen LogP contribution in [0.1, 0.15) is 24.8 Å². The number of anilines is 1. The lowest BCUT2D eigenvalue weighted by molar-refractivity contribution is -0.138. The Bertz CT molecular complexity index is 468. The van der Waals surface area contributed by atoms with Gasteiger partial charge in [0.15, 0.2) is 0 Å². The van der Waals surface area contributed by atoms with E-state index >= 15 is 0 Å². The first kappa shape index (κ1) is 12.5. The molecule has 2 aliphatic rings. The van der Waals surface area contributed by atoms with Crippen LogP contribution >= 0.6 is 0 Å². The van der Waals surface area contributed by atoms with Crippen molar-refractivity contribution in [2.24, 2.45) is 0 Å². The largest absolute Gasteiger partial charge is 0.480 e. The molecule has 0 spiro atoms. The number of rotatable bonds is 4. The highest BCUT2D eigenvalue weighted by molar-refractivity contribution is 5.82. The van der Waals surface area contributed by atoms with Gasteiger partial charge in [0.05, 0.1) is 6.10 Å². The molecular weight excluding hydrogens is 242 g/mol. The number of carboxylic acid groups (broad SMARTS) is 1. The molecule has 0 saturated carbocycles. The smallest absolute Gasteiger partial charge is 0.326 e. The third-order valence-electron chi connectivity index (χ3n) is 4.09. The zero-order chi connectivity index (χ0) is 13.2. The summed E-state index contributed by atoms with van der Waals surface area (Å²) in [4.78, 5) is 13.4. The number of carboxylic acids is 1. The van der Waals surface area contributed by atoms with Gasteiger partial charge in [0, 0.05) is 25.3 Å². The quantitative estimate of drug-likeness (QED) is 0.901. The van der Waals surface area contributed by atoms with E-state index in [2.05, 4.69) is 0 Å². The van der Waals surface area contributed by atoms with Crippen molar-refractivity contribution in [3.8, 4) is 0 Å². The van der Waals surface area contributed by atoms with Crippen molar-refractivity contribution in [2.75, 3.05) is 18.1 Å². The second-order valence-corrected chi connectivity index (χ2v) is 5.30. The number of hydrogen-bond donors (Lipinski definition) is 1. The number of ether oxygens (including phenoxy) is 1. The van der Waals surface area contributed by atoms with E-state index in [1.54, 1.807) is 0 Å². The molecule has 1 aromatic rings. The average Bonchev–Trinajstić information content (AvgIpc) is 3.03. The minimum absolute atomic E-state index is 0.308. The molecule has 1 aromatic carbocycles. The van der Waals surface area contributed by atoms with E-state index in [9.17, 15) is 9.90 Å². The van der Waals surface area contributed by atoms with Gasteiger partial charge in [0.1, 0.15) is 6.04 Å². The molecule has 2 heterocycles. The summed E-state index contributed by atoms with van der Waals surface area (Å²) in [6.45, 7) is 1.61. The first-order chi connectivity index (χ1) is 9.25. The number of nitrogens with zero attached hydrogens (tertiary/aromatic N) is 1. The average molecular weight is 261 g/mol. The Morgan fingerprint density at radius 2 is 2.26 bits per heavy atom. The Balaban J connectivity index is 1.73. The van der Waals surface area contributed by atoms with E-state index in [0.717, 1.165) is 43.7 Å². The van der Waals surface area contributed by atoms with Gasteiger partial charge in [-0.2, -0.15) is 0 Å². The molecule has 2 atom stereocenters. The summed E-state index contributed by atoms with van der Waals surface area (Å²) in [6.07, 6.45) is 4.06. The van der Waals surface area contributed by atoms with Crippen molar-refractivity contribution in [1.82, 2.24) is 0 Å². The monoisotopic (exact) mass is 261 g/mol. The highest BCUT2D eigenvalue weighted by atomic mass is 16.5. The van der Waals surface area contributed by atoms with Crippen molar-refractivity contribution >= 4 is 11.7 Å². The van der Waals surface area contributed by atoms with E-state index in [-0.39, 0.29) is 0 Å². The summed E-state index contributed by atoms with van der Waals surface area (Å²) in [7, 11) is 0. The van der Waals surface area contributed by atoms with Crippen LogP contribution in [-0.4, -0.2) is 36.4 Å². The van der Waals surface area contributed by atoms with Gasteiger partial charge in [0.25, 0.3) is 0 Å². The van der Waals surface area contributed by atoms with Crippen LogP contribution in [0.3, 0.4) is 0 Å². The standard InChI is InChI=1S/C15H19NO3/c17-15(18)14-10-11-4-1-2-6-13(11)16(14)8-7-12-5-3-9-19-12/h1-2,4,6,12,14H,3,5,7-10H2,(H,17,18). The minimum atomic E-state index is -0.733. The van der Waals surface area contributed by atoms with Gasteiger partial charge in [-0.15, -0.1) is 0 Å². The molecule has 2 aliphatic heterocycles. The van der Waals surface area contributed by atoms with E-state index in [0.29, 0.717) is 12.5 Å². The fraction of sp³-hybridized carbons (Fsp3) is 0.533. The van der Waals surface area contributed by atoms with E-state index in [1.165, 1.54) is 0 Å². The van der Waals surface area contributed by atoms with Gasteiger partial charge in [0.2, 0.25) is 0 Å². The maximum Gasteiger partial charge on any atom is 0.326 e. The van der Waals surface area contributed by atoms with Gasteiger partial charge < -0.3 is 14.7 Å². The van der Waals surface area contributed by atoms with E-state index in [1.807, 2.05) is 29.2 Å². The molecular formula is C15H19NO3. The Labute approximate surface area is 113 Å². The summed E-state index contributed by atoms with van der Waals surface area (Å²) in [6, 6.07) is 7.58. The molecule has 1 saturated heterocycles. The summed E-state index contributed by atoms with van der Waals surface area (Å²) < 4.78 is 5.62. The number of carbonyl (C=O) groups is 1. The van der Waals surface area contributed by atoms with Crippen LogP contribution in [0, 0.1) is 0 Å². The molecule has 0 aliphatic carbocycles. The molecule has 102 valence electrons. The minimum Gasteiger partial charge on any atom is -0.480 e. The lowest BCUT2D eigenvalue weighted by atomic mass is 10.1. The first-order valence-electron chi connectivity index (χ1n) is 6.94. The lowest BCUT2D eigenvalue weighted by Crippen LogP contribution is -2.40. The summed E-state index contributed by atoms with van der Waals surface area (Å²) in [5, 5.41) is 9.37. The summed E-state index contributed by atoms with van der Waals surface area (Å²) in [5.74, 6) is -0.733. The van der Waals surface area contributed by atoms with Crippen LogP contribution < -0.4 is 4.90 Å². The van der Waals surface area contributed by atoms with Crippen LogP contribution in [0.15, 0.2) is 24.3 Å². The molecule has 19 heavy (non-hydrogen) atoms. The highest BCUT2D eigenvalue weighted by Gasteiger charge is 2.34. The maximum absolute atomic E-state index is 11.4. The molecule has 4 heteroatoms. The van der Waals surface area contributed by atoms with Crippen LogP contribution in [0.5, 0.6) is 0 Å².